The highest BCUT2D eigenvalue weighted by atomic mass is 32.2. The summed E-state index contributed by atoms with van der Waals surface area (Å²) in [7, 11) is -1.82. The van der Waals surface area contributed by atoms with Gasteiger partial charge >= 0.3 is 0 Å². The number of benzene rings is 2. The minimum Gasteiger partial charge on any atom is -0.493 e. The van der Waals surface area contributed by atoms with Crippen LogP contribution >= 0.6 is 0 Å². The van der Waals surface area contributed by atoms with Gasteiger partial charge in [0.2, 0.25) is 0 Å². The van der Waals surface area contributed by atoms with E-state index < -0.39 is 21.7 Å². The van der Waals surface area contributed by atoms with Crippen LogP contribution in [0.3, 0.4) is 0 Å². The van der Waals surface area contributed by atoms with Gasteiger partial charge in [-0.3, -0.25) is 0 Å². The number of rotatable bonds is 9. The molecule has 0 radical (unpaired) electrons. The molecule has 0 unspecified atom stereocenters. The quantitative estimate of drug-likeness (QED) is 0.466. The number of hydrogen-bond donors (Lipinski definition) is 2. The number of aromatic nitrogens is 2. The highest BCUT2D eigenvalue weighted by Crippen LogP contribution is 2.35. The zero-order chi connectivity index (χ0) is 23.3. The topological polar surface area (TPSA) is 116 Å². The summed E-state index contributed by atoms with van der Waals surface area (Å²) < 4.78 is 48.5. The first-order valence-corrected chi connectivity index (χ1v) is 11.9. The Balaban J connectivity index is 2.01. The maximum atomic E-state index is 13.2. The summed E-state index contributed by atoms with van der Waals surface area (Å²) in [5.74, 6) is 0.578. The van der Waals surface area contributed by atoms with E-state index in [1.165, 1.54) is 13.4 Å². The molecule has 1 aromatic heterocycles. The summed E-state index contributed by atoms with van der Waals surface area (Å²) in [6, 6.07) is 9.79. The van der Waals surface area contributed by atoms with Gasteiger partial charge < -0.3 is 20.5 Å². The van der Waals surface area contributed by atoms with Crippen molar-refractivity contribution in [3.8, 4) is 22.9 Å². The monoisotopic (exact) mass is 460 g/mol. The molecule has 0 aliphatic rings. The second-order valence-corrected chi connectivity index (χ2v) is 9.31. The van der Waals surface area contributed by atoms with E-state index in [0.717, 1.165) is 12.4 Å². The Hall–Kier alpha value is -3.40. The van der Waals surface area contributed by atoms with Crippen LogP contribution in [0.5, 0.6) is 11.5 Å². The number of ether oxygens (including phenoxy) is 2. The summed E-state index contributed by atoms with van der Waals surface area (Å²) in [5.41, 5.74) is 8.33. The number of methoxy groups -OCH3 is 1. The van der Waals surface area contributed by atoms with E-state index >= 15 is 0 Å². The summed E-state index contributed by atoms with van der Waals surface area (Å²) in [4.78, 5) is 7.96. The van der Waals surface area contributed by atoms with Gasteiger partial charge in [0, 0.05) is 11.8 Å². The molecule has 0 saturated carbocycles. The van der Waals surface area contributed by atoms with Crippen molar-refractivity contribution in [3.05, 3.63) is 60.2 Å². The number of nitrogens with two attached hydrogens (primary N) is 1. The average Bonchev–Trinajstić information content (AvgIpc) is 2.75. The lowest BCUT2D eigenvalue weighted by Crippen LogP contribution is -2.21. The lowest BCUT2D eigenvalue weighted by molar-refractivity contribution is 0.310. The molecule has 0 aliphatic carbocycles. The SMILES string of the molecule is CCOc1cc([C@@H](CS(C)(=O)=O)Nc2cccc(-c3ncc(F)cn3)c2N)ccc1OC. The van der Waals surface area contributed by atoms with Crippen LogP contribution in [-0.4, -0.2) is 44.1 Å². The molecule has 2 aromatic carbocycles. The Morgan fingerprint density at radius 1 is 1.16 bits per heavy atom. The molecule has 0 bridgehead atoms. The van der Waals surface area contributed by atoms with Gasteiger partial charge in [-0.05, 0) is 36.8 Å². The molecule has 1 atom stereocenters. The zero-order valence-corrected chi connectivity index (χ0v) is 18.8. The Morgan fingerprint density at radius 2 is 1.88 bits per heavy atom. The summed E-state index contributed by atoms with van der Waals surface area (Å²) in [6.45, 7) is 2.28. The van der Waals surface area contributed by atoms with Gasteiger partial charge in [0.15, 0.2) is 23.1 Å². The lowest BCUT2D eigenvalue weighted by atomic mass is 10.1. The Bertz CT molecular complexity index is 1190. The van der Waals surface area contributed by atoms with Crippen LogP contribution in [0.4, 0.5) is 15.8 Å². The number of nitrogen functional groups attached to an aromatic ring is 1. The van der Waals surface area contributed by atoms with Crippen molar-refractivity contribution in [2.75, 3.05) is 36.8 Å². The Morgan fingerprint density at radius 3 is 2.50 bits per heavy atom. The van der Waals surface area contributed by atoms with E-state index in [1.807, 2.05) is 6.92 Å². The van der Waals surface area contributed by atoms with Crippen molar-refractivity contribution >= 4 is 21.2 Å². The van der Waals surface area contributed by atoms with Gasteiger partial charge in [-0.2, -0.15) is 0 Å². The minimum atomic E-state index is -3.35. The van der Waals surface area contributed by atoms with Crippen LogP contribution in [0, 0.1) is 5.82 Å². The van der Waals surface area contributed by atoms with Crippen LogP contribution < -0.4 is 20.5 Å². The fraction of sp³-hybridized carbons (Fsp3) is 0.273. The molecule has 3 rings (SSSR count). The highest BCUT2D eigenvalue weighted by Gasteiger charge is 2.21. The van der Waals surface area contributed by atoms with E-state index in [2.05, 4.69) is 15.3 Å². The smallest absolute Gasteiger partial charge is 0.161 e. The third-order valence-electron chi connectivity index (χ3n) is 4.66. The van der Waals surface area contributed by atoms with Crippen molar-refractivity contribution in [1.29, 1.82) is 0 Å². The first-order valence-electron chi connectivity index (χ1n) is 9.83. The number of anilines is 2. The van der Waals surface area contributed by atoms with Crippen LogP contribution in [0.25, 0.3) is 11.4 Å². The molecule has 8 nitrogen and oxygen atoms in total. The molecule has 0 aliphatic heterocycles. The summed E-state index contributed by atoms with van der Waals surface area (Å²) in [6.07, 6.45) is 3.28. The second kappa shape index (κ2) is 9.82. The molecular formula is C22H25FN4O4S. The molecule has 32 heavy (non-hydrogen) atoms. The normalized spacial score (nSPS) is 12.2. The molecule has 0 saturated heterocycles. The third kappa shape index (κ3) is 5.64. The molecular weight excluding hydrogens is 435 g/mol. The van der Waals surface area contributed by atoms with E-state index in [4.69, 9.17) is 15.2 Å². The van der Waals surface area contributed by atoms with E-state index in [1.54, 1.807) is 36.4 Å². The number of nitrogens with one attached hydrogen (secondary N) is 1. The zero-order valence-electron chi connectivity index (χ0n) is 18.0. The molecule has 170 valence electrons. The van der Waals surface area contributed by atoms with Crippen molar-refractivity contribution < 1.29 is 22.3 Å². The lowest BCUT2D eigenvalue weighted by Gasteiger charge is -2.23. The van der Waals surface area contributed by atoms with Gasteiger partial charge in [-0.1, -0.05) is 12.1 Å². The fourth-order valence-corrected chi connectivity index (χ4v) is 4.11. The number of halogens is 1. The van der Waals surface area contributed by atoms with Crippen molar-refractivity contribution in [3.63, 3.8) is 0 Å². The second-order valence-electron chi connectivity index (χ2n) is 7.12. The average molecular weight is 461 g/mol. The van der Waals surface area contributed by atoms with Crippen molar-refractivity contribution in [2.24, 2.45) is 0 Å². The first kappa shape index (κ1) is 23.3. The third-order valence-corrected chi connectivity index (χ3v) is 5.60. The molecule has 3 aromatic rings. The van der Waals surface area contributed by atoms with Crippen LogP contribution in [0.15, 0.2) is 48.8 Å². The van der Waals surface area contributed by atoms with E-state index in [9.17, 15) is 12.8 Å². The molecule has 1 heterocycles. The predicted molar refractivity (Wildman–Crippen MR) is 122 cm³/mol. The van der Waals surface area contributed by atoms with Crippen molar-refractivity contribution in [1.82, 2.24) is 9.97 Å². The molecule has 3 N–H and O–H groups in total. The van der Waals surface area contributed by atoms with Gasteiger partial charge in [0.05, 0.1) is 49.3 Å². The minimum absolute atomic E-state index is 0.179. The fourth-order valence-electron chi connectivity index (χ4n) is 3.23. The maximum Gasteiger partial charge on any atom is 0.161 e. The molecule has 10 heteroatoms. The Kier molecular flexibility index (Phi) is 7.14. The maximum absolute atomic E-state index is 13.2. The first-order chi connectivity index (χ1) is 15.2. The van der Waals surface area contributed by atoms with Gasteiger partial charge in [-0.15, -0.1) is 0 Å². The van der Waals surface area contributed by atoms with Crippen molar-refractivity contribution in [2.45, 2.75) is 13.0 Å². The molecule has 0 fully saturated rings. The largest absolute Gasteiger partial charge is 0.493 e. The standard InChI is InChI=1S/C22H25FN4O4S/c1-4-31-20-10-14(8-9-19(20)30-2)18(13-32(3,28)29)27-17-7-5-6-16(21(17)24)22-25-11-15(23)12-26-22/h5-12,18,27H,4,13,24H2,1-3H3/t18-/m1/s1. The van der Waals surface area contributed by atoms with Crippen LogP contribution in [0.2, 0.25) is 0 Å². The summed E-state index contributed by atoms with van der Waals surface area (Å²) in [5, 5.41) is 3.22. The number of sulfone groups is 1. The van der Waals surface area contributed by atoms with E-state index in [-0.39, 0.29) is 11.6 Å². The Labute approximate surface area is 186 Å². The highest BCUT2D eigenvalue weighted by molar-refractivity contribution is 7.90. The van der Waals surface area contributed by atoms with Crippen LogP contribution in [0.1, 0.15) is 18.5 Å². The predicted octanol–water partition coefficient (Wildman–Crippen LogP) is 3.47. The van der Waals surface area contributed by atoms with Gasteiger partial charge in [0.1, 0.15) is 9.84 Å². The number of para-hydroxylation sites is 1. The van der Waals surface area contributed by atoms with Crippen LogP contribution in [-0.2, 0) is 9.84 Å². The molecule has 0 spiro atoms. The van der Waals surface area contributed by atoms with Gasteiger partial charge in [0.25, 0.3) is 0 Å². The summed E-state index contributed by atoms with van der Waals surface area (Å²) >= 11 is 0. The van der Waals surface area contributed by atoms with E-state index in [0.29, 0.717) is 40.6 Å². The van der Waals surface area contributed by atoms with Gasteiger partial charge in [-0.25, -0.2) is 22.8 Å². The number of hydrogen-bond acceptors (Lipinski definition) is 8. The number of nitrogens with zero attached hydrogens (tertiary/aromatic N) is 2. The molecule has 0 amide bonds.